The first-order valence-electron chi connectivity index (χ1n) is 17.0. The molecule has 1 fully saturated rings. The van der Waals surface area contributed by atoms with E-state index in [0.717, 1.165) is 26.1 Å². The predicted molar refractivity (Wildman–Crippen MR) is 170 cm³/mol. The molecule has 0 radical (unpaired) electrons. The Balaban J connectivity index is 1.78. The Morgan fingerprint density at radius 3 is 2.05 bits per heavy atom. The fraction of sp³-hybridized carbons (Fsp3) is 0.824. The van der Waals surface area contributed by atoms with Crippen LogP contribution < -0.4 is 0 Å². The number of hydrogen-bond donors (Lipinski definition) is 0. The minimum atomic E-state index is -0.457. The van der Waals surface area contributed by atoms with E-state index in [-0.39, 0.29) is 19.3 Å². The van der Waals surface area contributed by atoms with E-state index < -0.39 is 11.9 Å². The van der Waals surface area contributed by atoms with Gasteiger partial charge in [0, 0.05) is 32.7 Å². The number of carbonyl (C=O) groups excluding carboxylic acids is 2. The highest BCUT2D eigenvalue weighted by molar-refractivity contribution is 6.00. The minimum Gasteiger partial charge on any atom is -0.463 e. The van der Waals surface area contributed by atoms with E-state index in [1.165, 1.54) is 83.5 Å². The molecule has 0 aliphatic carbocycles. The van der Waals surface area contributed by atoms with Crippen molar-refractivity contribution in [3.8, 4) is 0 Å². The number of carbonyl (C=O) groups is 2. The third kappa shape index (κ3) is 14.5. The normalized spacial score (nSPS) is 18.7. The van der Waals surface area contributed by atoms with Gasteiger partial charge in [-0.1, -0.05) is 76.9 Å². The Hall–Kier alpha value is -1.90. The van der Waals surface area contributed by atoms with E-state index in [1.54, 1.807) is 13.8 Å². The zero-order chi connectivity index (χ0) is 30.4. The molecule has 1 atom stereocenters. The van der Waals surface area contributed by atoms with Crippen LogP contribution in [0, 0.1) is 0 Å². The zero-order valence-electron chi connectivity index (χ0n) is 27.4. The lowest BCUT2D eigenvalue weighted by Gasteiger charge is -2.41. The molecule has 2 heterocycles. The number of ether oxygens (including phenoxy) is 3. The van der Waals surface area contributed by atoms with Gasteiger partial charge in [0.1, 0.15) is 5.70 Å². The van der Waals surface area contributed by atoms with E-state index in [4.69, 9.17) is 14.2 Å². The SMILES string of the molecule is CCCCCCCC/C=C\CCCCCCCCN1CC(C(=O)OCC)=C(C(=O)OCC)N(CC2CN(C)CCO2)C1. The van der Waals surface area contributed by atoms with Crippen molar-refractivity contribution in [2.45, 2.75) is 117 Å². The Kier molecular flexibility index (Phi) is 19.5. The summed E-state index contributed by atoms with van der Waals surface area (Å²) >= 11 is 0. The van der Waals surface area contributed by atoms with Gasteiger partial charge in [-0.3, -0.25) is 4.90 Å². The molecule has 0 N–H and O–H groups in total. The summed E-state index contributed by atoms with van der Waals surface area (Å²) in [5.41, 5.74) is 0.736. The molecular weight excluding hydrogens is 530 g/mol. The van der Waals surface area contributed by atoms with Crippen molar-refractivity contribution < 1.29 is 23.8 Å². The molecule has 2 rings (SSSR count). The van der Waals surface area contributed by atoms with Crippen LogP contribution in [0.25, 0.3) is 0 Å². The van der Waals surface area contributed by atoms with Crippen LogP contribution in [0.5, 0.6) is 0 Å². The molecule has 0 aromatic heterocycles. The average Bonchev–Trinajstić information content (AvgIpc) is 2.97. The standard InChI is InChI=1S/C34H61N3O5/c1-5-8-9-10-11-12-13-14-15-16-17-18-19-20-21-22-23-36-28-31(33(38)40-6-2)32(34(39)41-7-3)37(29-36)27-30-26-35(4)24-25-42-30/h14-15,30H,5-13,16-29H2,1-4H3/b15-14-. The van der Waals surface area contributed by atoms with Gasteiger partial charge >= 0.3 is 11.9 Å². The number of esters is 2. The highest BCUT2D eigenvalue weighted by Crippen LogP contribution is 2.24. The molecule has 1 saturated heterocycles. The van der Waals surface area contributed by atoms with Crippen LogP contribution in [0.3, 0.4) is 0 Å². The molecule has 0 spiro atoms. The quantitative estimate of drug-likeness (QED) is 0.0824. The van der Waals surface area contributed by atoms with Crippen LogP contribution in [-0.4, -0.2) is 99.0 Å². The molecule has 0 aromatic rings. The number of nitrogens with zero attached hydrogens (tertiary/aromatic N) is 3. The van der Waals surface area contributed by atoms with Crippen molar-refractivity contribution >= 4 is 11.9 Å². The van der Waals surface area contributed by atoms with Crippen LogP contribution in [0.15, 0.2) is 23.4 Å². The van der Waals surface area contributed by atoms with Gasteiger partial charge in [-0.25, -0.2) is 9.59 Å². The number of morpholine rings is 1. The van der Waals surface area contributed by atoms with Gasteiger partial charge in [0.15, 0.2) is 0 Å². The monoisotopic (exact) mass is 591 g/mol. The van der Waals surface area contributed by atoms with Crippen molar-refractivity contribution in [3.63, 3.8) is 0 Å². The van der Waals surface area contributed by atoms with Gasteiger partial charge < -0.3 is 24.0 Å². The van der Waals surface area contributed by atoms with Crippen molar-refractivity contribution in [3.05, 3.63) is 23.4 Å². The highest BCUT2D eigenvalue weighted by Gasteiger charge is 2.36. The number of unbranched alkanes of at least 4 members (excludes halogenated alkanes) is 12. The van der Waals surface area contributed by atoms with Crippen LogP contribution in [0.4, 0.5) is 0 Å². The van der Waals surface area contributed by atoms with Crippen LogP contribution in [0.1, 0.15) is 111 Å². The lowest BCUT2D eigenvalue weighted by atomic mass is 10.1. The zero-order valence-corrected chi connectivity index (χ0v) is 27.4. The third-order valence-corrected chi connectivity index (χ3v) is 8.10. The number of likely N-dealkylation sites (N-methyl/N-ethyl adjacent to an activating group) is 1. The fourth-order valence-electron chi connectivity index (χ4n) is 5.79. The summed E-state index contributed by atoms with van der Waals surface area (Å²) in [5, 5.41) is 0. The molecule has 2 aliphatic heterocycles. The van der Waals surface area contributed by atoms with E-state index in [1.807, 2.05) is 4.90 Å². The molecule has 0 aromatic carbocycles. The van der Waals surface area contributed by atoms with Gasteiger partial charge in [0.05, 0.1) is 38.2 Å². The van der Waals surface area contributed by atoms with Gasteiger partial charge in [0.25, 0.3) is 0 Å². The summed E-state index contributed by atoms with van der Waals surface area (Å²) in [7, 11) is 2.08. The van der Waals surface area contributed by atoms with Crippen LogP contribution in [-0.2, 0) is 23.8 Å². The van der Waals surface area contributed by atoms with Crippen molar-refractivity contribution in [1.82, 2.24) is 14.7 Å². The summed E-state index contributed by atoms with van der Waals surface area (Å²) in [6.07, 6.45) is 22.7. The Morgan fingerprint density at radius 1 is 0.833 bits per heavy atom. The van der Waals surface area contributed by atoms with Gasteiger partial charge in [-0.15, -0.1) is 0 Å². The number of rotatable bonds is 22. The molecular formula is C34H61N3O5. The second-order valence-electron chi connectivity index (χ2n) is 11.9. The maximum Gasteiger partial charge on any atom is 0.355 e. The molecule has 42 heavy (non-hydrogen) atoms. The van der Waals surface area contributed by atoms with E-state index >= 15 is 0 Å². The summed E-state index contributed by atoms with van der Waals surface area (Å²) < 4.78 is 16.8. The molecule has 8 nitrogen and oxygen atoms in total. The fourth-order valence-corrected chi connectivity index (χ4v) is 5.79. The van der Waals surface area contributed by atoms with Crippen LogP contribution >= 0.6 is 0 Å². The summed E-state index contributed by atoms with van der Waals surface area (Å²) in [6, 6.07) is 0. The summed E-state index contributed by atoms with van der Waals surface area (Å²) in [6.45, 7) is 11.1. The third-order valence-electron chi connectivity index (χ3n) is 8.10. The molecule has 2 aliphatic rings. The van der Waals surface area contributed by atoms with Crippen molar-refractivity contribution in [1.29, 1.82) is 0 Å². The molecule has 242 valence electrons. The highest BCUT2D eigenvalue weighted by atomic mass is 16.5. The largest absolute Gasteiger partial charge is 0.463 e. The first-order valence-corrected chi connectivity index (χ1v) is 17.0. The molecule has 0 amide bonds. The Morgan fingerprint density at radius 2 is 1.43 bits per heavy atom. The van der Waals surface area contributed by atoms with Gasteiger partial charge in [-0.05, 0) is 53.0 Å². The molecule has 0 saturated carbocycles. The Labute approximate surface area is 256 Å². The van der Waals surface area contributed by atoms with Gasteiger partial charge in [-0.2, -0.15) is 0 Å². The van der Waals surface area contributed by atoms with E-state index in [0.29, 0.717) is 37.6 Å². The average molecular weight is 592 g/mol. The van der Waals surface area contributed by atoms with Crippen LogP contribution in [0.2, 0.25) is 0 Å². The lowest BCUT2D eigenvalue weighted by molar-refractivity contribution is -0.145. The van der Waals surface area contributed by atoms with Crippen molar-refractivity contribution in [2.24, 2.45) is 0 Å². The maximum absolute atomic E-state index is 13.1. The summed E-state index contributed by atoms with van der Waals surface area (Å²) in [5.74, 6) is -0.889. The van der Waals surface area contributed by atoms with E-state index in [9.17, 15) is 9.59 Å². The maximum atomic E-state index is 13.1. The second-order valence-corrected chi connectivity index (χ2v) is 11.9. The lowest BCUT2D eigenvalue weighted by Crippen LogP contribution is -2.53. The first-order chi connectivity index (χ1) is 20.5. The first kappa shape index (κ1) is 36.3. The minimum absolute atomic E-state index is 0.0398. The smallest absolute Gasteiger partial charge is 0.355 e. The second kappa shape index (κ2) is 22.6. The topological polar surface area (TPSA) is 71.6 Å². The van der Waals surface area contributed by atoms with Crippen molar-refractivity contribution in [2.75, 3.05) is 66.3 Å². The number of hydrogen-bond acceptors (Lipinski definition) is 8. The predicted octanol–water partition coefficient (Wildman–Crippen LogP) is 6.31. The van der Waals surface area contributed by atoms with E-state index in [2.05, 4.69) is 35.9 Å². The molecule has 1 unspecified atom stereocenters. The Bertz CT molecular complexity index is 815. The molecule has 0 bridgehead atoms. The van der Waals surface area contributed by atoms with Gasteiger partial charge in [0.2, 0.25) is 0 Å². The molecule has 8 heteroatoms. The number of allylic oxidation sites excluding steroid dienone is 2. The summed E-state index contributed by atoms with van der Waals surface area (Å²) in [4.78, 5) is 32.5.